The number of hydrogen-bond donors (Lipinski definition) is 0. The van der Waals surface area contributed by atoms with E-state index in [1.54, 1.807) is 0 Å². The van der Waals surface area contributed by atoms with Crippen molar-refractivity contribution in [1.29, 1.82) is 0 Å². The quantitative estimate of drug-likeness (QED) is 0.439. The Hall–Kier alpha value is -0.810. The molecule has 62 valence electrons. The van der Waals surface area contributed by atoms with Gasteiger partial charge >= 0.3 is 0 Å². The summed E-state index contributed by atoms with van der Waals surface area (Å²) in [6, 6.07) is 0. The van der Waals surface area contributed by atoms with Gasteiger partial charge in [-0.25, -0.2) is 0 Å². The fourth-order valence-electron chi connectivity index (χ4n) is 0.624. The van der Waals surface area contributed by atoms with Crippen LogP contribution in [-0.2, 0) is 4.79 Å². The van der Waals surface area contributed by atoms with E-state index in [-0.39, 0.29) is 5.41 Å². The van der Waals surface area contributed by atoms with Gasteiger partial charge in [-0.15, -0.1) is 5.73 Å². The highest BCUT2D eigenvalue weighted by Gasteiger charge is 2.17. The van der Waals surface area contributed by atoms with Crippen LogP contribution in [0, 0.1) is 5.41 Å². The monoisotopic (exact) mass is 152 g/mol. The fourth-order valence-corrected chi connectivity index (χ4v) is 0.624. The predicted octanol–water partition coefficient (Wildman–Crippen LogP) is 2.72. The minimum Gasteiger partial charge on any atom is -0.302 e. The predicted molar refractivity (Wildman–Crippen MR) is 47.4 cm³/mol. The van der Waals surface area contributed by atoms with Crippen LogP contribution in [0.2, 0.25) is 0 Å². The third kappa shape index (κ3) is 3.20. The van der Waals surface area contributed by atoms with E-state index in [1.807, 2.05) is 34.6 Å². The summed E-state index contributed by atoms with van der Waals surface area (Å²) in [6.45, 7) is 9.67. The van der Waals surface area contributed by atoms with Gasteiger partial charge in [0.1, 0.15) is 6.29 Å². The molecule has 0 spiro atoms. The molecule has 0 aliphatic heterocycles. The van der Waals surface area contributed by atoms with Gasteiger partial charge in [0.2, 0.25) is 0 Å². The summed E-state index contributed by atoms with van der Waals surface area (Å²) in [6.07, 6.45) is 0.957. The lowest BCUT2D eigenvalue weighted by Gasteiger charge is -2.15. The molecule has 0 aliphatic rings. The van der Waals surface area contributed by atoms with E-state index in [0.717, 1.165) is 17.4 Å². The molecule has 0 unspecified atom stereocenters. The van der Waals surface area contributed by atoms with Gasteiger partial charge in [-0.1, -0.05) is 0 Å². The van der Waals surface area contributed by atoms with Gasteiger partial charge < -0.3 is 4.79 Å². The molecule has 0 radical (unpaired) electrons. The minimum absolute atomic E-state index is 0.364. The Balaban J connectivity index is 4.90. The Bertz CT molecular complexity index is 211. The van der Waals surface area contributed by atoms with E-state index in [4.69, 9.17) is 0 Å². The smallest absolute Gasteiger partial charge is 0.130 e. The molecule has 0 aromatic rings. The lowest BCUT2D eigenvalue weighted by atomic mass is 9.87. The number of aldehydes is 1. The number of rotatable bonds is 2. The van der Waals surface area contributed by atoms with Crippen LogP contribution < -0.4 is 0 Å². The molecule has 0 rings (SSSR count). The first kappa shape index (κ1) is 10.2. The standard InChI is InChI=1S/C10H16O/c1-8(2)6-9(3)10(4,5)7-11/h7H,1-5H3. The van der Waals surface area contributed by atoms with Crippen molar-refractivity contribution in [1.82, 2.24) is 0 Å². The molecule has 1 heteroatoms. The summed E-state index contributed by atoms with van der Waals surface area (Å²) in [5.41, 5.74) is 4.87. The SMILES string of the molecule is CC(C)=C=C(C)C(C)(C)C=O. The lowest BCUT2D eigenvalue weighted by molar-refractivity contribution is -0.113. The second kappa shape index (κ2) is 3.54. The number of carbonyl (C=O) groups excluding carboxylic acids is 1. The molecule has 0 aromatic heterocycles. The molecule has 0 aliphatic carbocycles. The van der Waals surface area contributed by atoms with E-state index in [2.05, 4.69) is 5.73 Å². The molecule has 0 heterocycles. The molecule has 0 amide bonds. The van der Waals surface area contributed by atoms with Crippen molar-refractivity contribution < 1.29 is 4.79 Å². The Labute approximate surface area is 68.8 Å². The molecule has 0 aromatic carbocycles. The van der Waals surface area contributed by atoms with Gasteiger partial charge in [0.05, 0.1) is 0 Å². The minimum atomic E-state index is -0.364. The summed E-state index contributed by atoms with van der Waals surface area (Å²) in [7, 11) is 0. The van der Waals surface area contributed by atoms with Crippen LogP contribution in [0.25, 0.3) is 0 Å². The number of allylic oxidation sites excluding steroid dienone is 1. The molecule has 0 N–H and O–H groups in total. The van der Waals surface area contributed by atoms with Crippen molar-refractivity contribution in [2.75, 3.05) is 0 Å². The van der Waals surface area contributed by atoms with Crippen LogP contribution in [0.5, 0.6) is 0 Å². The van der Waals surface area contributed by atoms with Crippen molar-refractivity contribution in [3.8, 4) is 0 Å². The van der Waals surface area contributed by atoms with Crippen molar-refractivity contribution >= 4 is 6.29 Å². The summed E-state index contributed by atoms with van der Waals surface area (Å²) < 4.78 is 0. The van der Waals surface area contributed by atoms with Crippen LogP contribution in [-0.4, -0.2) is 6.29 Å². The summed E-state index contributed by atoms with van der Waals surface area (Å²) in [5.74, 6) is 0. The van der Waals surface area contributed by atoms with Crippen molar-refractivity contribution in [3.63, 3.8) is 0 Å². The van der Waals surface area contributed by atoms with E-state index < -0.39 is 0 Å². The maximum Gasteiger partial charge on any atom is 0.130 e. The Morgan fingerprint density at radius 2 is 1.73 bits per heavy atom. The molecular formula is C10H16O. The van der Waals surface area contributed by atoms with Gasteiger partial charge in [0.15, 0.2) is 0 Å². The molecule has 0 bridgehead atoms. The van der Waals surface area contributed by atoms with E-state index in [0.29, 0.717) is 0 Å². The number of hydrogen-bond acceptors (Lipinski definition) is 1. The van der Waals surface area contributed by atoms with Crippen molar-refractivity contribution in [2.24, 2.45) is 5.41 Å². The Morgan fingerprint density at radius 1 is 1.27 bits per heavy atom. The summed E-state index contributed by atoms with van der Waals surface area (Å²) >= 11 is 0. The lowest BCUT2D eigenvalue weighted by Crippen LogP contribution is -2.13. The van der Waals surface area contributed by atoms with E-state index in [9.17, 15) is 4.79 Å². The summed E-state index contributed by atoms with van der Waals surface area (Å²) in [4.78, 5) is 10.6. The third-order valence-electron chi connectivity index (χ3n) is 1.70. The molecule has 0 saturated carbocycles. The highest BCUT2D eigenvalue weighted by atomic mass is 16.1. The largest absolute Gasteiger partial charge is 0.302 e. The second-order valence-electron chi connectivity index (χ2n) is 3.59. The Morgan fingerprint density at radius 3 is 2.00 bits per heavy atom. The highest BCUT2D eigenvalue weighted by Crippen LogP contribution is 2.21. The maximum atomic E-state index is 10.6. The average molecular weight is 152 g/mol. The average Bonchev–Trinajstić information content (AvgIpc) is 1.86. The van der Waals surface area contributed by atoms with Crippen LogP contribution in [0.1, 0.15) is 34.6 Å². The van der Waals surface area contributed by atoms with Gasteiger partial charge in [0.25, 0.3) is 0 Å². The first-order valence-corrected chi connectivity index (χ1v) is 3.77. The highest BCUT2D eigenvalue weighted by molar-refractivity contribution is 5.63. The molecular weight excluding hydrogens is 136 g/mol. The van der Waals surface area contributed by atoms with Crippen molar-refractivity contribution in [2.45, 2.75) is 34.6 Å². The van der Waals surface area contributed by atoms with E-state index in [1.165, 1.54) is 0 Å². The maximum absolute atomic E-state index is 10.6. The van der Waals surface area contributed by atoms with Crippen LogP contribution in [0.4, 0.5) is 0 Å². The first-order valence-electron chi connectivity index (χ1n) is 3.77. The summed E-state index contributed by atoms with van der Waals surface area (Å²) in [5, 5.41) is 0. The first-order chi connectivity index (χ1) is 4.90. The molecule has 0 atom stereocenters. The van der Waals surface area contributed by atoms with E-state index >= 15 is 0 Å². The van der Waals surface area contributed by atoms with Gasteiger partial charge in [0, 0.05) is 5.41 Å². The second-order valence-corrected chi connectivity index (χ2v) is 3.59. The zero-order valence-electron chi connectivity index (χ0n) is 7.99. The topological polar surface area (TPSA) is 17.1 Å². The van der Waals surface area contributed by atoms with Crippen LogP contribution in [0.15, 0.2) is 16.9 Å². The number of carbonyl (C=O) groups is 1. The molecule has 11 heavy (non-hydrogen) atoms. The van der Waals surface area contributed by atoms with Crippen LogP contribution in [0.3, 0.4) is 0 Å². The Kier molecular flexibility index (Phi) is 3.28. The van der Waals surface area contributed by atoms with Crippen LogP contribution >= 0.6 is 0 Å². The fraction of sp³-hybridized carbons (Fsp3) is 0.600. The molecule has 0 saturated heterocycles. The normalized spacial score (nSPS) is 10.3. The zero-order chi connectivity index (χ0) is 9.07. The molecule has 0 fully saturated rings. The van der Waals surface area contributed by atoms with Gasteiger partial charge in [-0.3, -0.25) is 0 Å². The third-order valence-corrected chi connectivity index (χ3v) is 1.70. The molecule has 1 nitrogen and oxygen atoms in total. The van der Waals surface area contributed by atoms with Crippen molar-refractivity contribution in [3.05, 3.63) is 16.9 Å². The van der Waals surface area contributed by atoms with Gasteiger partial charge in [-0.05, 0) is 45.8 Å². The zero-order valence-corrected chi connectivity index (χ0v) is 7.99. The van der Waals surface area contributed by atoms with Gasteiger partial charge in [-0.2, -0.15) is 0 Å².